The van der Waals surface area contributed by atoms with Crippen molar-refractivity contribution in [2.75, 3.05) is 27.4 Å². The monoisotopic (exact) mass is 1010 g/mol. The van der Waals surface area contributed by atoms with Crippen molar-refractivity contribution in [3.63, 3.8) is 0 Å². The van der Waals surface area contributed by atoms with Gasteiger partial charge in [0.25, 0.3) is 17.6 Å². The number of carboxylic acid groups (broad SMARTS) is 1. The first-order chi connectivity index (χ1) is 34.2. The lowest BCUT2D eigenvalue weighted by Crippen LogP contribution is -2.64. The number of allylic oxidation sites excluding steroid dienone is 3. The average molecular weight is 1010 g/mol. The molecule has 0 aromatic heterocycles. The summed E-state index contributed by atoms with van der Waals surface area (Å²) in [5, 5.41) is 36.6. The maximum atomic E-state index is 14.6. The fourth-order valence-corrected chi connectivity index (χ4v) is 11.2. The second kappa shape index (κ2) is 26.5. The van der Waals surface area contributed by atoms with E-state index in [2.05, 4.69) is 11.9 Å². The van der Waals surface area contributed by atoms with Gasteiger partial charge in [-0.1, -0.05) is 69.7 Å². The fraction of sp³-hybridized carbons (Fsp3) is 0.673. The van der Waals surface area contributed by atoms with Crippen LogP contribution in [0.25, 0.3) is 0 Å². The van der Waals surface area contributed by atoms with E-state index in [0.717, 1.165) is 10.5 Å². The Morgan fingerprint density at radius 3 is 2.36 bits per heavy atom. The third-order valence-corrected chi connectivity index (χ3v) is 15.4. The number of fused-ring (bicyclic) bond motifs is 3. The molecule has 1 aliphatic carbocycles. The number of amides is 2. The number of piperidine rings is 1. The Bertz CT molecular complexity index is 2140. The van der Waals surface area contributed by atoms with Gasteiger partial charge in [0.05, 0.1) is 37.1 Å². The van der Waals surface area contributed by atoms with Gasteiger partial charge in [-0.15, -0.1) is 6.58 Å². The van der Waals surface area contributed by atoms with Gasteiger partial charge in [0, 0.05) is 50.5 Å². The number of carbonyl (C=O) groups is 6. The highest BCUT2D eigenvalue weighted by Crippen LogP contribution is 2.39. The first-order valence-corrected chi connectivity index (χ1v) is 25.8. The van der Waals surface area contributed by atoms with Crippen LogP contribution in [0, 0.1) is 29.6 Å². The molecular formula is C55H81N3O14. The summed E-state index contributed by atoms with van der Waals surface area (Å²) in [6.45, 7) is 15.1. The van der Waals surface area contributed by atoms with Crippen LogP contribution in [0.4, 0.5) is 0 Å². The quantitative estimate of drug-likeness (QED) is 0.0940. The van der Waals surface area contributed by atoms with Crippen molar-refractivity contribution in [1.82, 2.24) is 10.2 Å². The number of cyclic esters (lactones) is 1. The number of Topliss-reactive ketones (excluding diaryl/α,β-unsaturated/α-hetero) is 2. The topological polar surface area (TPSA) is 251 Å². The number of nitrogens with two attached hydrogens (primary N) is 1. The number of methoxy groups -OCH3 is 2. The summed E-state index contributed by atoms with van der Waals surface area (Å²) in [5.41, 5.74) is 8.19. The Morgan fingerprint density at radius 2 is 1.69 bits per heavy atom. The van der Waals surface area contributed by atoms with Crippen LogP contribution in [0.3, 0.4) is 0 Å². The van der Waals surface area contributed by atoms with Crippen LogP contribution in [0.2, 0.25) is 0 Å². The number of carbonyl (C=O) groups excluding carboxylic acids is 5. The first kappa shape index (κ1) is 58.3. The summed E-state index contributed by atoms with van der Waals surface area (Å²) in [4.78, 5) is 84.0. The highest BCUT2D eigenvalue weighted by atomic mass is 16.7. The number of hydrogen-bond acceptors (Lipinski definition) is 14. The highest BCUT2D eigenvalue weighted by Gasteiger charge is 2.56. The van der Waals surface area contributed by atoms with E-state index in [0.29, 0.717) is 68.1 Å². The SMILES string of the molecule is C=CCOC1CC(C=C(C)C2OC(=O)C3CCCCN3C(=O)C(=O)C3(O)OC(C(OC)CC(C)C/C(C)=C/C(CC)C(=O)CC(O)C2C)C(OC)CC3C)CCC1NC(=O)c1ccccc1C[C@H](N)C(=O)O. The average Bonchev–Trinajstić information content (AvgIpc) is 3.35. The van der Waals surface area contributed by atoms with Gasteiger partial charge < -0.3 is 55.0 Å². The second-order valence-electron chi connectivity index (χ2n) is 20.9. The maximum Gasteiger partial charge on any atom is 0.329 e. The predicted octanol–water partition coefficient (Wildman–Crippen LogP) is 5.42. The summed E-state index contributed by atoms with van der Waals surface area (Å²) in [6.07, 6.45) is 4.75. The Labute approximate surface area is 425 Å². The number of aliphatic hydroxyl groups is 2. The standard InChI is InChI=1S/C55H81N3O14/c1-10-22-70-45-28-36(19-20-41(45)57-51(62)39-17-13-12-16-38(39)29-40(56)53(64)65)26-33(5)48-35(7)43(59)30-44(60)37(11-2)24-31(3)23-32(4)25-46(68-8)49-47(69-9)27-34(6)55(67,72-49)50(61)52(63)58-21-15-14-18-42(58)54(66)71-48/h10,12-13,16-17,24,26,32,34-37,40-43,45-49,59,67H,1,11,14-15,18-23,25,27-30,56H2,2-9H3,(H,57,62)(H,64,65)/b31-24+,33-26?/t32?,34?,35?,36?,37?,40-,41?,42?,43?,45?,46?,47?,48?,49?,55?/m0/s1. The van der Waals surface area contributed by atoms with Crippen LogP contribution in [0.1, 0.15) is 128 Å². The zero-order valence-corrected chi connectivity index (χ0v) is 43.6. The van der Waals surface area contributed by atoms with Crippen molar-refractivity contribution in [1.29, 1.82) is 0 Å². The Hall–Kier alpha value is -4.62. The van der Waals surface area contributed by atoms with E-state index in [-0.39, 0.29) is 56.5 Å². The molecule has 4 aliphatic rings. The first-order valence-electron chi connectivity index (χ1n) is 25.8. The molecule has 15 atom stereocenters. The minimum Gasteiger partial charge on any atom is -0.480 e. The molecule has 3 heterocycles. The number of nitrogens with one attached hydrogen (secondary N) is 1. The van der Waals surface area contributed by atoms with Crippen molar-refractivity contribution in [3.05, 3.63) is 71.3 Å². The summed E-state index contributed by atoms with van der Waals surface area (Å²) >= 11 is 0. The summed E-state index contributed by atoms with van der Waals surface area (Å²) in [5.74, 6) is -9.71. The fourth-order valence-electron chi connectivity index (χ4n) is 11.2. The molecule has 17 nitrogen and oxygen atoms in total. The largest absolute Gasteiger partial charge is 0.480 e. The third kappa shape index (κ3) is 14.4. The molecule has 0 radical (unpaired) electrons. The van der Waals surface area contributed by atoms with E-state index in [9.17, 15) is 44.1 Å². The van der Waals surface area contributed by atoms with E-state index in [1.807, 2.05) is 32.9 Å². The van der Waals surface area contributed by atoms with Crippen molar-refractivity contribution in [2.24, 2.45) is 35.3 Å². The Morgan fingerprint density at radius 1 is 1.00 bits per heavy atom. The van der Waals surface area contributed by atoms with Gasteiger partial charge in [-0.2, -0.15) is 0 Å². The third-order valence-electron chi connectivity index (χ3n) is 15.4. The molecule has 2 bridgehead atoms. The van der Waals surface area contributed by atoms with Crippen LogP contribution >= 0.6 is 0 Å². The van der Waals surface area contributed by atoms with Crippen molar-refractivity contribution < 1.29 is 67.8 Å². The smallest absolute Gasteiger partial charge is 0.329 e. The van der Waals surface area contributed by atoms with Crippen LogP contribution in [-0.2, 0) is 54.1 Å². The molecule has 400 valence electrons. The van der Waals surface area contributed by atoms with Gasteiger partial charge in [-0.25, -0.2) is 4.79 Å². The number of ketones is 2. The predicted molar refractivity (Wildman–Crippen MR) is 268 cm³/mol. The zero-order valence-electron chi connectivity index (χ0n) is 43.6. The van der Waals surface area contributed by atoms with E-state index >= 15 is 0 Å². The van der Waals surface area contributed by atoms with Crippen LogP contribution < -0.4 is 11.1 Å². The van der Waals surface area contributed by atoms with Crippen molar-refractivity contribution in [3.8, 4) is 0 Å². The van der Waals surface area contributed by atoms with Crippen molar-refractivity contribution >= 4 is 35.3 Å². The molecule has 2 saturated heterocycles. The normalized spacial score (nSPS) is 35.2. The minimum atomic E-state index is -2.55. The molecule has 1 aromatic rings. The summed E-state index contributed by atoms with van der Waals surface area (Å²) in [6, 6.07) is 3.89. The van der Waals surface area contributed by atoms with E-state index < -0.39 is 108 Å². The summed E-state index contributed by atoms with van der Waals surface area (Å²) < 4.78 is 30.7. The molecule has 6 N–H and O–H groups in total. The van der Waals surface area contributed by atoms with Crippen LogP contribution in [-0.4, -0.2) is 143 Å². The zero-order chi connectivity index (χ0) is 53.0. The maximum absolute atomic E-state index is 14.6. The molecule has 3 fully saturated rings. The number of hydrogen-bond donors (Lipinski definition) is 5. The molecule has 1 saturated carbocycles. The number of aliphatic carboxylic acids is 1. The number of ether oxygens (including phenoxy) is 5. The minimum absolute atomic E-state index is 0.00545. The number of benzene rings is 1. The molecule has 1 aromatic carbocycles. The number of esters is 1. The summed E-state index contributed by atoms with van der Waals surface area (Å²) in [7, 11) is 3.04. The van der Waals surface area contributed by atoms with Gasteiger partial charge in [0.2, 0.25) is 5.79 Å². The van der Waals surface area contributed by atoms with E-state index in [1.165, 1.54) is 14.2 Å². The molecule has 2 amide bonds. The lowest BCUT2D eigenvalue weighted by molar-refractivity contribution is -0.302. The second-order valence-corrected chi connectivity index (χ2v) is 20.9. The lowest BCUT2D eigenvalue weighted by atomic mass is 9.80. The number of aliphatic hydroxyl groups excluding tert-OH is 1. The molecule has 5 rings (SSSR count). The molecule has 14 unspecified atom stereocenters. The lowest BCUT2D eigenvalue weighted by Gasteiger charge is -2.47. The van der Waals surface area contributed by atoms with Gasteiger partial charge >= 0.3 is 11.9 Å². The van der Waals surface area contributed by atoms with Gasteiger partial charge in [-0.05, 0) is 114 Å². The van der Waals surface area contributed by atoms with Gasteiger partial charge in [0.1, 0.15) is 30.1 Å². The van der Waals surface area contributed by atoms with Crippen LogP contribution in [0.5, 0.6) is 0 Å². The molecule has 72 heavy (non-hydrogen) atoms. The molecular weight excluding hydrogens is 927 g/mol. The molecule has 3 aliphatic heterocycles. The van der Waals surface area contributed by atoms with Gasteiger partial charge in [0.15, 0.2) is 0 Å². The Kier molecular flexibility index (Phi) is 21.5. The molecule has 0 spiro atoms. The number of rotatable bonds is 13. The number of carboxylic acids is 1. The number of nitrogens with zero attached hydrogens (tertiary/aromatic N) is 1. The highest BCUT2D eigenvalue weighted by molar-refractivity contribution is 6.39. The van der Waals surface area contributed by atoms with E-state index in [1.54, 1.807) is 51.1 Å². The van der Waals surface area contributed by atoms with Crippen molar-refractivity contribution in [2.45, 2.75) is 179 Å². The van der Waals surface area contributed by atoms with Gasteiger partial charge in [-0.3, -0.25) is 24.0 Å². The van der Waals surface area contributed by atoms with Crippen LogP contribution in [0.15, 0.2) is 60.2 Å². The van der Waals surface area contributed by atoms with E-state index in [4.69, 9.17) is 29.4 Å². The Balaban J connectivity index is 1.48. The molecule has 17 heteroatoms.